The minimum absolute atomic E-state index is 0.127. The van der Waals surface area contributed by atoms with Gasteiger partial charge in [-0.2, -0.15) is 0 Å². The number of sulfone groups is 1. The first-order chi connectivity index (χ1) is 9.81. The van der Waals surface area contributed by atoms with Crippen molar-refractivity contribution in [2.45, 2.75) is 10.6 Å². The lowest BCUT2D eigenvalue weighted by atomic mass is 10.1. The van der Waals surface area contributed by atoms with Crippen LogP contribution in [0, 0.1) is 5.82 Å². The highest BCUT2D eigenvalue weighted by molar-refractivity contribution is 7.90. The number of nitrogens with two attached hydrogens (primary N) is 2. The van der Waals surface area contributed by atoms with Crippen molar-refractivity contribution in [2.75, 3.05) is 5.73 Å². The van der Waals surface area contributed by atoms with Crippen molar-refractivity contribution in [3.63, 3.8) is 0 Å². The van der Waals surface area contributed by atoms with E-state index < -0.39 is 27.3 Å². The summed E-state index contributed by atoms with van der Waals surface area (Å²) in [7, 11) is -3.82. The summed E-state index contributed by atoms with van der Waals surface area (Å²) < 4.78 is 37.7. The van der Waals surface area contributed by atoms with Gasteiger partial charge in [0.2, 0.25) is 5.91 Å². The molecule has 2 aromatic carbocycles. The quantitative estimate of drug-likeness (QED) is 0.659. The van der Waals surface area contributed by atoms with E-state index in [1.54, 1.807) is 12.1 Å². The molecule has 4 N–H and O–H groups in total. The van der Waals surface area contributed by atoms with Gasteiger partial charge in [0.15, 0.2) is 9.84 Å². The smallest absolute Gasteiger partial charge is 0.249 e. The van der Waals surface area contributed by atoms with E-state index in [0.29, 0.717) is 0 Å². The van der Waals surface area contributed by atoms with Crippen molar-refractivity contribution in [3.05, 3.63) is 59.4 Å². The predicted octanol–water partition coefficient (Wildman–Crippen LogP) is 1.48. The fraction of sp³-hybridized carbons (Fsp3) is 0.0714. The van der Waals surface area contributed by atoms with Gasteiger partial charge >= 0.3 is 0 Å². The van der Waals surface area contributed by atoms with Crippen LogP contribution in [-0.4, -0.2) is 14.3 Å². The number of rotatable bonds is 4. The number of halogens is 1. The lowest BCUT2D eigenvalue weighted by Crippen LogP contribution is -2.16. The van der Waals surface area contributed by atoms with E-state index >= 15 is 0 Å². The molecule has 1 amide bonds. The molecule has 0 fully saturated rings. The fourth-order valence-corrected chi connectivity index (χ4v) is 3.48. The molecule has 0 heterocycles. The number of anilines is 1. The molecule has 0 spiro atoms. The molecule has 21 heavy (non-hydrogen) atoms. The Balaban J connectivity index is 2.45. The number of nitrogen functional groups attached to an aromatic ring is 1. The number of hydrogen-bond donors (Lipinski definition) is 2. The van der Waals surface area contributed by atoms with E-state index in [2.05, 4.69) is 0 Å². The molecule has 2 rings (SSSR count). The van der Waals surface area contributed by atoms with E-state index in [9.17, 15) is 17.6 Å². The zero-order valence-corrected chi connectivity index (χ0v) is 11.7. The minimum atomic E-state index is -3.82. The Bertz CT molecular complexity index is 804. The highest BCUT2D eigenvalue weighted by atomic mass is 32.2. The number of amides is 1. The first kappa shape index (κ1) is 15.0. The van der Waals surface area contributed by atoms with Gasteiger partial charge in [0.05, 0.1) is 16.3 Å². The fourth-order valence-electron chi connectivity index (χ4n) is 1.97. The first-order valence-electron chi connectivity index (χ1n) is 5.97. The third kappa shape index (κ3) is 3.19. The molecule has 0 radical (unpaired) electrons. The Morgan fingerprint density at radius 1 is 1.14 bits per heavy atom. The van der Waals surface area contributed by atoms with Crippen LogP contribution in [0.3, 0.4) is 0 Å². The molecule has 0 unspecified atom stereocenters. The van der Waals surface area contributed by atoms with Gasteiger partial charge in [0.1, 0.15) is 5.82 Å². The second-order valence-corrected chi connectivity index (χ2v) is 6.42. The summed E-state index contributed by atoms with van der Waals surface area (Å²) in [6, 6.07) is 9.19. The zero-order chi connectivity index (χ0) is 15.6. The Morgan fingerprint density at radius 3 is 2.43 bits per heavy atom. The Labute approximate surface area is 121 Å². The summed E-state index contributed by atoms with van der Waals surface area (Å²) in [6.45, 7) is 0. The molecule has 7 heteroatoms. The second-order valence-electron chi connectivity index (χ2n) is 4.46. The molecule has 5 nitrogen and oxygen atoms in total. The van der Waals surface area contributed by atoms with Crippen molar-refractivity contribution >= 4 is 21.4 Å². The normalized spacial score (nSPS) is 11.3. The van der Waals surface area contributed by atoms with Crippen molar-refractivity contribution < 1.29 is 17.6 Å². The molecule has 0 aliphatic rings. The van der Waals surface area contributed by atoms with Crippen LogP contribution in [0.1, 0.15) is 15.9 Å². The van der Waals surface area contributed by atoms with Gasteiger partial charge in [-0.05, 0) is 29.8 Å². The van der Waals surface area contributed by atoms with Crippen LogP contribution in [0.5, 0.6) is 0 Å². The Morgan fingerprint density at radius 2 is 1.81 bits per heavy atom. The maximum atomic E-state index is 13.0. The van der Waals surface area contributed by atoms with Crippen LogP contribution in [0.2, 0.25) is 0 Å². The first-order valence-corrected chi connectivity index (χ1v) is 7.62. The minimum Gasteiger partial charge on any atom is -0.398 e. The lowest BCUT2D eigenvalue weighted by molar-refractivity contribution is 0.0999. The van der Waals surface area contributed by atoms with Crippen LogP contribution in [0.15, 0.2) is 47.4 Å². The molecule has 0 aliphatic heterocycles. The van der Waals surface area contributed by atoms with Gasteiger partial charge in [0, 0.05) is 5.56 Å². The molecule has 0 aromatic heterocycles. The lowest BCUT2D eigenvalue weighted by Gasteiger charge is -2.10. The highest BCUT2D eigenvalue weighted by Gasteiger charge is 2.21. The number of benzene rings is 2. The van der Waals surface area contributed by atoms with E-state index in [4.69, 9.17) is 11.5 Å². The molecular weight excluding hydrogens is 295 g/mol. The van der Waals surface area contributed by atoms with Crippen LogP contribution in [-0.2, 0) is 15.6 Å². The van der Waals surface area contributed by atoms with Gasteiger partial charge in [0.25, 0.3) is 0 Å². The Kier molecular flexibility index (Phi) is 3.95. The molecular formula is C14H13FN2O3S. The Hall–Kier alpha value is -2.41. The summed E-state index contributed by atoms with van der Waals surface area (Å²) in [5.41, 5.74) is 11.0. The monoisotopic (exact) mass is 308 g/mol. The zero-order valence-electron chi connectivity index (χ0n) is 10.9. The summed E-state index contributed by atoms with van der Waals surface area (Å²) in [6.07, 6.45) is 0. The molecule has 0 saturated carbocycles. The predicted molar refractivity (Wildman–Crippen MR) is 76.7 cm³/mol. The van der Waals surface area contributed by atoms with E-state index in [1.165, 1.54) is 12.1 Å². The van der Waals surface area contributed by atoms with Crippen molar-refractivity contribution in [3.8, 4) is 0 Å². The van der Waals surface area contributed by atoms with Crippen molar-refractivity contribution in [1.29, 1.82) is 0 Å². The topological polar surface area (TPSA) is 103 Å². The third-order valence-electron chi connectivity index (χ3n) is 2.94. The maximum absolute atomic E-state index is 13.0. The van der Waals surface area contributed by atoms with E-state index in [-0.39, 0.29) is 21.7 Å². The number of carbonyl (C=O) groups excluding carboxylic acids is 1. The van der Waals surface area contributed by atoms with Crippen LogP contribution in [0.4, 0.5) is 10.1 Å². The molecule has 2 aromatic rings. The number of hydrogen-bond acceptors (Lipinski definition) is 4. The van der Waals surface area contributed by atoms with Crippen LogP contribution < -0.4 is 11.5 Å². The molecule has 0 aliphatic carbocycles. The van der Waals surface area contributed by atoms with Crippen LogP contribution in [0.25, 0.3) is 0 Å². The molecule has 0 saturated heterocycles. The summed E-state index contributed by atoms with van der Waals surface area (Å²) in [5, 5.41) is 0. The highest BCUT2D eigenvalue weighted by Crippen LogP contribution is 2.24. The molecule has 0 atom stereocenters. The van der Waals surface area contributed by atoms with Gasteiger partial charge in [-0.25, -0.2) is 12.8 Å². The summed E-state index contributed by atoms with van der Waals surface area (Å²) >= 11 is 0. The van der Waals surface area contributed by atoms with Gasteiger partial charge < -0.3 is 11.5 Å². The van der Waals surface area contributed by atoms with E-state index in [0.717, 1.165) is 18.2 Å². The van der Waals surface area contributed by atoms with E-state index in [1.807, 2.05) is 0 Å². The summed E-state index contributed by atoms with van der Waals surface area (Å²) in [5.74, 6) is -1.78. The van der Waals surface area contributed by atoms with Crippen molar-refractivity contribution in [2.24, 2.45) is 5.73 Å². The third-order valence-corrected chi connectivity index (χ3v) is 4.67. The van der Waals surface area contributed by atoms with Gasteiger partial charge in [-0.3, -0.25) is 4.79 Å². The average Bonchev–Trinajstić information content (AvgIpc) is 2.37. The molecule has 0 bridgehead atoms. The van der Waals surface area contributed by atoms with Crippen molar-refractivity contribution in [1.82, 2.24) is 0 Å². The summed E-state index contributed by atoms with van der Waals surface area (Å²) in [4.78, 5) is 11.1. The standard InChI is InChI=1S/C14H13FN2O3S/c15-10-5-6-13(12(16)7-10)21(19,20)8-9-3-1-2-4-11(9)14(17)18/h1-7H,8,16H2,(H2,17,18). The van der Waals surface area contributed by atoms with Gasteiger partial charge in [-0.15, -0.1) is 0 Å². The largest absolute Gasteiger partial charge is 0.398 e. The van der Waals surface area contributed by atoms with Crippen LogP contribution >= 0.6 is 0 Å². The molecule has 110 valence electrons. The second kappa shape index (κ2) is 5.53. The SMILES string of the molecule is NC(=O)c1ccccc1CS(=O)(=O)c1ccc(F)cc1N. The number of primary amides is 1. The average molecular weight is 308 g/mol. The number of carbonyl (C=O) groups is 1. The van der Waals surface area contributed by atoms with Gasteiger partial charge in [-0.1, -0.05) is 18.2 Å². The maximum Gasteiger partial charge on any atom is 0.249 e.